The topological polar surface area (TPSA) is 76.4 Å². The molecule has 0 saturated heterocycles. The summed E-state index contributed by atoms with van der Waals surface area (Å²) in [4.78, 5) is 12.1. The molecule has 5 nitrogen and oxygen atoms in total. The highest BCUT2D eigenvalue weighted by Crippen LogP contribution is 2.20. The Morgan fingerprint density at radius 3 is 2.29 bits per heavy atom. The summed E-state index contributed by atoms with van der Waals surface area (Å²) in [6.45, 7) is 10.6. The zero-order valence-corrected chi connectivity index (χ0v) is 14.3. The van der Waals surface area contributed by atoms with E-state index in [9.17, 15) is 4.79 Å². The smallest absolute Gasteiger partial charge is 0.408 e. The fraction of sp³-hybridized carbons (Fsp3) is 0.938. The lowest BCUT2D eigenvalue weighted by molar-refractivity contribution is 0.0444. The number of ether oxygens (including phenoxy) is 1. The number of hydrogen-bond donors (Lipinski definition) is 3. The largest absolute Gasteiger partial charge is 0.444 e. The van der Waals surface area contributed by atoms with Gasteiger partial charge in [-0.2, -0.15) is 0 Å². The van der Waals surface area contributed by atoms with Crippen LogP contribution in [0.1, 0.15) is 66.7 Å². The Labute approximate surface area is 129 Å². The molecular formula is C16H33N3O2. The van der Waals surface area contributed by atoms with E-state index >= 15 is 0 Å². The Morgan fingerprint density at radius 1 is 1.24 bits per heavy atom. The van der Waals surface area contributed by atoms with E-state index in [0.717, 1.165) is 38.6 Å². The molecule has 21 heavy (non-hydrogen) atoms. The van der Waals surface area contributed by atoms with Crippen LogP contribution < -0.4 is 16.4 Å². The molecule has 5 heteroatoms. The number of hydrogen-bond acceptors (Lipinski definition) is 4. The van der Waals surface area contributed by atoms with Crippen LogP contribution in [0.2, 0.25) is 0 Å². The maximum absolute atomic E-state index is 12.1. The summed E-state index contributed by atoms with van der Waals surface area (Å²) in [5, 5.41) is 6.64. The van der Waals surface area contributed by atoms with E-state index in [1.54, 1.807) is 0 Å². The minimum atomic E-state index is -0.469. The molecule has 0 bridgehead atoms. The number of carbonyl (C=O) groups is 1. The molecule has 0 aromatic carbocycles. The molecule has 0 heterocycles. The van der Waals surface area contributed by atoms with Crippen LogP contribution in [0.25, 0.3) is 0 Å². The van der Waals surface area contributed by atoms with Crippen LogP contribution in [0.5, 0.6) is 0 Å². The highest BCUT2D eigenvalue weighted by molar-refractivity contribution is 5.68. The molecule has 0 aliphatic heterocycles. The van der Waals surface area contributed by atoms with Crippen molar-refractivity contribution in [1.29, 1.82) is 0 Å². The first-order valence-corrected chi connectivity index (χ1v) is 8.20. The lowest BCUT2D eigenvalue weighted by Crippen LogP contribution is -2.56. The van der Waals surface area contributed by atoms with Gasteiger partial charge < -0.3 is 21.1 Å². The van der Waals surface area contributed by atoms with E-state index in [2.05, 4.69) is 24.5 Å². The first-order chi connectivity index (χ1) is 9.69. The summed E-state index contributed by atoms with van der Waals surface area (Å²) in [7, 11) is 0. The van der Waals surface area contributed by atoms with Crippen molar-refractivity contribution in [3.63, 3.8) is 0 Å². The predicted molar refractivity (Wildman–Crippen MR) is 86.3 cm³/mol. The summed E-state index contributed by atoms with van der Waals surface area (Å²) in [5.74, 6) is 0. The van der Waals surface area contributed by atoms with Crippen molar-refractivity contribution in [2.24, 2.45) is 5.73 Å². The number of nitrogens with one attached hydrogen (secondary N) is 2. The highest BCUT2D eigenvalue weighted by atomic mass is 16.6. The second-order valence-electron chi connectivity index (χ2n) is 7.27. The standard InChI is InChI=1S/C16H33N3O2/c1-6-16(7-2,19-14(20)21-15(3,4)5)11-18-13-9-8-12(17)10-13/h12-13,18H,6-11,17H2,1-5H3,(H,19,20). The van der Waals surface area contributed by atoms with Crippen LogP contribution in [0.3, 0.4) is 0 Å². The van der Waals surface area contributed by atoms with Crippen LogP contribution in [0.15, 0.2) is 0 Å². The summed E-state index contributed by atoms with van der Waals surface area (Å²) in [6.07, 6.45) is 4.63. The highest BCUT2D eigenvalue weighted by Gasteiger charge is 2.32. The van der Waals surface area contributed by atoms with Gasteiger partial charge in [0, 0.05) is 18.6 Å². The summed E-state index contributed by atoms with van der Waals surface area (Å²) in [5.41, 5.74) is 5.23. The van der Waals surface area contributed by atoms with Gasteiger partial charge in [-0.1, -0.05) is 13.8 Å². The second kappa shape index (κ2) is 7.45. The van der Waals surface area contributed by atoms with E-state index in [0.29, 0.717) is 12.1 Å². The Bertz CT molecular complexity index is 335. The van der Waals surface area contributed by atoms with Gasteiger partial charge in [0.2, 0.25) is 0 Å². The summed E-state index contributed by atoms with van der Waals surface area (Å²) >= 11 is 0. The average Bonchev–Trinajstić information content (AvgIpc) is 2.78. The van der Waals surface area contributed by atoms with E-state index in [-0.39, 0.29) is 11.6 Å². The SMILES string of the molecule is CCC(CC)(CNC1CCC(N)C1)NC(=O)OC(C)(C)C. The molecule has 1 rings (SSSR count). The van der Waals surface area contributed by atoms with Gasteiger partial charge in [0.25, 0.3) is 0 Å². The van der Waals surface area contributed by atoms with Gasteiger partial charge in [0.05, 0.1) is 5.54 Å². The van der Waals surface area contributed by atoms with Crippen LogP contribution in [-0.4, -0.2) is 35.9 Å². The van der Waals surface area contributed by atoms with Crippen LogP contribution in [0, 0.1) is 0 Å². The zero-order valence-electron chi connectivity index (χ0n) is 14.3. The first kappa shape index (κ1) is 18.2. The van der Waals surface area contributed by atoms with Gasteiger partial charge in [-0.25, -0.2) is 4.79 Å². The van der Waals surface area contributed by atoms with Gasteiger partial charge in [-0.15, -0.1) is 0 Å². The normalized spacial score (nSPS) is 23.1. The predicted octanol–water partition coefficient (Wildman–Crippen LogP) is 2.54. The van der Waals surface area contributed by atoms with Gasteiger partial charge in [-0.05, 0) is 52.9 Å². The fourth-order valence-corrected chi connectivity index (χ4v) is 2.78. The Kier molecular flexibility index (Phi) is 6.47. The molecule has 1 saturated carbocycles. The number of carbonyl (C=O) groups excluding carboxylic acids is 1. The molecule has 1 aliphatic rings. The molecule has 1 aliphatic carbocycles. The molecule has 124 valence electrons. The molecule has 2 unspecified atom stereocenters. The van der Waals surface area contributed by atoms with E-state index in [1.807, 2.05) is 20.8 Å². The van der Waals surface area contributed by atoms with Gasteiger partial charge in [0.1, 0.15) is 5.60 Å². The molecule has 0 aromatic rings. The lowest BCUT2D eigenvalue weighted by atomic mass is 9.92. The number of amides is 1. The Balaban J connectivity index is 2.54. The third-order valence-corrected chi connectivity index (χ3v) is 4.32. The molecule has 1 amide bonds. The third kappa shape index (κ3) is 6.22. The molecular weight excluding hydrogens is 266 g/mol. The van der Waals surface area contributed by atoms with Crippen LogP contribution >= 0.6 is 0 Å². The summed E-state index contributed by atoms with van der Waals surface area (Å²) < 4.78 is 5.39. The average molecular weight is 299 g/mol. The molecule has 4 N–H and O–H groups in total. The lowest BCUT2D eigenvalue weighted by Gasteiger charge is -2.35. The monoisotopic (exact) mass is 299 g/mol. The van der Waals surface area contributed by atoms with Gasteiger partial charge >= 0.3 is 6.09 Å². The molecule has 0 aromatic heterocycles. The van der Waals surface area contributed by atoms with Crippen molar-refractivity contribution in [3.05, 3.63) is 0 Å². The summed E-state index contributed by atoms with van der Waals surface area (Å²) in [6, 6.07) is 0.789. The number of nitrogens with two attached hydrogens (primary N) is 1. The fourth-order valence-electron chi connectivity index (χ4n) is 2.78. The minimum absolute atomic E-state index is 0.255. The van der Waals surface area contributed by atoms with Crippen LogP contribution in [0.4, 0.5) is 4.79 Å². The molecule has 2 atom stereocenters. The maximum atomic E-state index is 12.1. The molecule has 0 radical (unpaired) electrons. The Morgan fingerprint density at radius 2 is 1.86 bits per heavy atom. The van der Waals surface area contributed by atoms with Gasteiger partial charge in [-0.3, -0.25) is 0 Å². The quantitative estimate of drug-likeness (QED) is 0.704. The van der Waals surface area contributed by atoms with Crippen molar-refractivity contribution >= 4 is 6.09 Å². The van der Waals surface area contributed by atoms with Crippen molar-refractivity contribution < 1.29 is 9.53 Å². The van der Waals surface area contributed by atoms with Crippen molar-refractivity contribution in [3.8, 4) is 0 Å². The molecule has 0 spiro atoms. The Hall–Kier alpha value is -0.810. The minimum Gasteiger partial charge on any atom is -0.444 e. The van der Waals surface area contributed by atoms with Crippen molar-refractivity contribution in [1.82, 2.24) is 10.6 Å². The number of alkyl carbamates (subject to hydrolysis) is 1. The third-order valence-electron chi connectivity index (χ3n) is 4.32. The van der Waals surface area contributed by atoms with E-state index in [4.69, 9.17) is 10.5 Å². The van der Waals surface area contributed by atoms with Gasteiger partial charge in [0.15, 0.2) is 0 Å². The van der Waals surface area contributed by atoms with E-state index in [1.165, 1.54) is 0 Å². The zero-order chi connectivity index (χ0) is 16.1. The van der Waals surface area contributed by atoms with Crippen molar-refractivity contribution in [2.45, 2.75) is 89.9 Å². The van der Waals surface area contributed by atoms with Crippen LogP contribution in [-0.2, 0) is 4.74 Å². The molecule has 1 fully saturated rings. The number of rotatable bonds is 6. The second-order valence-corrected chi connectivity index (χ2v) is 7.27. The first-order valence-electron chi connectivity index (χ1n) is 8.20. The van der Waals surface area contributed by atoms with Crippen molar-refractivity contribution in [2.75, 3.05) is 6.54 Å². The maximum Gasteiger partial charge on any atom is 0.408 e. The van der Waals surface area contributed by atoms with E-state index < -0.39 is 5.60 Å².